The van der Waals surface area contributed by atoms with Crippen LogP contribution in [0.3, 0.4) is 0 Å². The highest BCUT2D eigenvalue weighted by Crippen LogP contribution is 2.24. The Morgan fingerprint density at radius 1 is 1.15 bits per heavy atom. The van der Waals surface area contributed by atoms with Crippen molar-refractivity contribution in [1.82, 2.24) is 15.1 Å². The fourth-order valence-corrected chi connectivity index (χ4v) is 2.74. The number of nitrogens with zero attached hydrogens (tertiary/aromatic N) is 2. The molecule has 0 fully saturated rings. The molecule has 1 aromatic heterocycles. The number of amides is 1. The Labute approximate surface area is 158 Å². The molecular weight excluding hydrogens is 342 g/mol. The van der Waals surface area contributed by atoms with Crippen LogP contribution >= 0.6 is 0 Å². The quantitative estimate of drug-likeness (QED) is 0.695. The summed E-state index contributed by atoms with van der Waals surface area (Å²) in [7, 11) is 3.38. The standard InChI is InChI=1S/C21H23N3O3/c1-15-5-4-6-18(13-15)27-12-11-24(2)21(25)19-14-22-23-20(19)16-7-9-17(26-3)10-8-16/h4-10,13-14H,11-12H2,1-3H3,(H,22,23). The van der Waals surface area contributed by atoms with Gasteiger partial charge in [-0.1, -0.05) is 12.1 Å². The van der Waals surface area contributed by atoms with Crippen LogP contribution in [0.25, 0.3) is 11.3 Å². The smallest absolute Gasteiger partial charge is 0.257 e. The maximum atomic E-state index is 12.8. The first-order valence-electron chi connectivity index (χ1n) is 8.71. The summed E-state index contributed by atoms with van der Waals surface area (Å²) in [5.41, 5.74) is 3.23. The third-order valence-electron chi connectivity index (χ3n) is 4.28. The average Bonchev–Trinajstić information content (AvgIpc) is 3.17. The van der Waals surface area contributed by atoms with Crippen LogP contribution in [0.1, 0.15) is 15.9 Å². The molecule has 0 radical (unpaired) electrons. The van der Waals surface area contributed by atoms with Crippen LogP contribution in [-0.4, -0.2) is 48.3 Å². The lowest BCUT2D eigenvalue weighted by atomic mass is 10.1. The number of carbonyl (C=O) groups excluding carboxylic acids is 1. The normalized spacial score (nSPS) is 10.5. The van der Waals surface area contributed by atoms with E-state index >= 15 is 0 Å². The van der Waals surface area contributed by atoms with E-state index in [4.69, 9.17) is 9.47 Å². The Morgan fingerprint density at radius 2 is 1.93 bits per heavy atom. The maximum absolute atomic E-state index is 12.8. The topological polar surface area (TPSA) is 67.5 Å². The molecule has 2 aromatic carbocycles. The Morgan fingerprint density at radius 3 is 2.63 bits per heavy atom. The Balaban J connectivity index is 1.64. The molecule has 3 rings (SSSR count). The molecule has 27 heavy (non-hydrogen) atoms. The minimum absolute atomic E-state index is 0.109. The average molecular weight is 365 g/mol. The van der Waals surface area contributed by atoms with E-state index in [2.05, 4.69) is 10.2 Å². The Bertz CT molecular complexity index is 903. The molecule has 140 valence electrons. The zero-order valence-corrected chi connectivity index (χ0v) is 15.7. The van der Waals surface area contributed by atoms with E-state index in [0.717, 1.165) is 22.6 Å². The number of methoxy groups -OCH3 is 1. The zero-order chi connectivity index (χ0) is 19.2. The van der Waals surface area contributed by atoms with Gasteiger partial charge in [-0.15, -0.1) is 0 Å². The van der Waals surface area contributed by atoms with Crippen molar-refractivity contribution in [3.63, 3.8) is 0 Å². The van der Waals surface area contributed by atoms with Gasteiger partial charge in [-0.25, -0.2) is 0 Å². The zero-order valence-electron chi connectivity index (χ0n) is 15.7. The summed E-state index contributed by atoms with van der Waals surface area (Å²) < 4.78 is 10.9. The summed E-state index contributed by atoms with van der Waals surface area (Å²) in [6.07, 6.45) is 1.56. The fourth-order valence-electron chi connectivity index (χ4n) is 2.74. The van der Waals surface area contributed by atoms with Gasteiger partial charge in [0.15, 0.2) is 0 Å². The van der Waals surface area contributed by atoms with Gasteiger partial charge < -0.3 is 14.4 Å². The van der Waals surface area contributed by atoms with Crippen LogP contribution in [0.5, 0.6) is 11.5 Å². The van der Waals surface area contributed by atoms with Crippen LogP contribution < -0.4 is 9.47 Å². The second kappa shape index (κ2) is 8.40. The molecule has 6 heteroatoms. The van der Waals surface area contributed by atoms with Crippen LogP contribution in [0, 0.1) is 6.92 Å². The van der Waals surface area contributed by atoms with Gasteiger partial charge in [-0.3, -0.25) is 9.89 Å². The number of likely N-dealkylation sites (N-methyl/N-ethyl adjacent to an activating group) is 1. The predicted octanol–water partition coefficient (Wildman–Crippen LogP) is 3.54. The molecule has 0 spiro atoms. The number of nitrogens with one attached hydrogen (secondary N) is 1. The molecule has 0 aliphatic carbocycles. The van der Waals surface area contributed by atoms with Crippen molar-refractivity contribution in [1.29, 1.82) is 0 Å². The van der Waals surface area contributed by atoms with Crippen molar-refractivity contribution in [3.05, 3.63) is 65.9 Å². The summed E-state index contributed by atoms with van der Waals surface area (Å²) in [6, 6.07) is 15.3. The molecule has 0 atom stereocenters. The van der Waals surface area contributed by atoms with Gasteiger partial charge in [-0.05, 0) is 48.9 Å². The highest BCUT2D eigenvalue weighted by Gasteiger charge is 2.19. The number of rotatable bonds is 7. The predicted molar refractivity (Wildman–Crippen MR) is 104 cm³/mol. The number of benzene rings is 2. The monoisotopic (exact) mass is 365 g/mol. The van der Waals surface area contributed by atoms with E-state index in [1.54, 1.807) is 25.3 Å². The van der Waals surface area contributed by atoms with Crippen molar-refractivity contribution >= 4 is 5.91 Å². The van der Waals surface area contributed by atoms with Crippen molar-refractivity contribution in [2.45, 2.75) is 6.92 Å². The molecule has 1 amide bonds. The number of aromatic amines is 1. The van der Waals surface area contributed by atoms with E-state index < -0.39 is 0 Å². The summed E-state index contributed by atoms with van der Waals surface area (Å²) in [6.45, 7) is 2.91. The lowest BCUT2D eigenvalue weighted by Crippen LogP contribution is -2.31. The van der Waals surface area contributed by atoms with E-state index in [0.29, 0.717) is 24.4 Å². The first kappa shape index (κ1) is 18.5. The van der Waals surface area contributed by atoms with Gasteiger partial charge in [0, 0.05) is 12.6 Å². The van der Waals surface area contributed by atoms with E-state index in [9.17, 15) is 4.79 Å². The first-order chi connectivity index (χ1) is 13.1. The molecule has 0 saturated heterocycles. The highest BCUT2D eigenvalue weighted by molar-refractivity contribution is 5.99. The molecule has 1 N–H and O–H groups in total. The van der Waals surface area contributed by atoms with Gasteiger partial charge in [-0.2, -0.15) is 5.10 Å². The minimum Gasteiger partial charge on any atom is -0.497 e. The largest absolute Gasteiger partial charge is 0.497 e. The summed E-state index contributed by atoms with van der Waals surface area (Å²) >= 11 is 0. The highest BCUT2D eigenvalue weighted by atomic mass is 16.5. The van der Waals surface area contributed by atoms with Gasteiger partial charge in [0.25, 0.3) is 5.91 Å². The number of hydrogen-bond acceptors (Lipinski definition) is 4. The Kier molecular flexibility index (Phi) is 5.76. The van der Waals surface area contributed by atoms with Crippen LogP contribution in [0.2, 0.25) is 0 Å². The molecule has 0 unspecified atom stereocenters. The first-order valence-corrected chi connectivity index (χ1v) is 8.71. The van der Waals surface area contributed by atoms with Crippen LogP contribution in [0.15, 0.2) is 54.7 Å². The fraction of sp³-hybridized carbons (Fsp3) is 0.238. The lowest BCUT2D eigenvalue weighted by molar-refractivity contribution is 0.0774. The summed E-state index contributed by atoms with van der Waals surface area (Å²) in [4.78, 5) is 14.4. The molecule has 0 aliphatic heterocycles. The number of aryl methyl sites for hydroxylation is 1. The van der Waals surface area contributed by atoms with Crippen molar-refractivity contribution in [2.24, 2.45) is 0 Å². The minimum atomic E-state index is -0.109. The van der Waals surface area contributed by atoms with E-state index in [1.165, 1.54) is 0 Å². The second-order valence-electron chi connectivity index (χ2n) is 6.28. The SMILES string of the molecule is COc1ccc(-c2[nH]ncc2C(=O)N(C)CCOc2cccc(C)c2)cc1. The van der Waals surface area contributed by atoms with Crippen molar-refractivity contribution in [2.75, 3.05) is 27.3 Å². The van der Waals surface area contributed by atoms with E-state index in [1.807, 2.05) is 55.5 Å². The summed E-state index contributed by atoms with van der Waals surface area (Å²) in [5, 5.41) is 6.96. The Hall–Kier alpha value is -3.28. The number of hydrogen-bond donors (Lipinski definition) is 1. The van der Waals surface area contributed by atoms with Crippen LogP contribution in [-0.2, 0) is 0 Å². The maximum Gasteiger partial charge on any atom is 0.257 e. The molecule has 0 bridgehead atoms. The van der Waals surface area contributed by atoms with Crippen LogP contribution in [0.4, 0.5) is 0 Å². The third kappa shape index (κ3) is 4.47. The van der Waals surface area contributed by atoms with Gasteiger partial charge in [0.1, 0.15) is 18.1 Å². The third-order valence-corrected chi connectivity index (χ3v) is 4.28. The van der Waals surface area contributed by atoms with Gasteiger partial charge >= 0.3 is 0 Å². The van der Waals surface area contributed by atoms with E-state index in [-0.39, 0.29) is 5.91 Å². The van der Waals surface area contributed by atoms with Gasteiger partial charge in [0.05, 0.1) is 31.1 Å². The van der Waals surface area contributed by atoms with Crippen molar-refractivity contribution in [3.8, 4) is 22.8 Å². The molecule has 6 nitrogen and oxygen atoms in total. The molecular formula is C21H23N3O3. The molecule has 0 saturated carbocycles. The molecule has 3 aromatic rings. The van der Waals surface area contributed by atoms with Gasteiger partial charge in [0.2, 0.25) is 0 Å². The van der Waals surface area contributed by atoms with Crippen molar-refractivity contribution < 1.29 is 14.3 Å². The number of H-pyrrole nitrogens is 1. The summed E-state index contributed by atoms with van der Waals surface area (Å²) in [5.74, 6) is 1.46. The lowest BCUT2D eigenvalue weighted by Gasteiger charge is -2.17. The number of carbonyl (C=O) groups is 1. The second-order valence-corrected chi connectivity index (χ2v) is 6.28. The molecule has 1 heterocycles. The molecule has 0 aliphatic rings. The number of ether oxygens (including phenoxy) is 2. The number of aromatic nitrogens is 2.